The molecular formula is C6H13O2Pb. The van der Waals surface area contributed by atoms with Crippen molar-refractivity contribution in [2.24, 2.45) is 0 Å². The van der Waals surface area contributed by atoms with Gasteiger partial charge in [-0.3, -0.25) is 0 Å². The molecule has 0 amide bonds. The summed E-state index contributed by atoms with van der Waals surface area (Å²) in [5, 5.41) is 7.60. The van der Waals surface area contributed by atoms with Gasteiger partial charge in [0.25, 0.3) is 0 Å². The monoisotopic (exact) mass is 325 g/mol. The third kappa shape index (κ3) is 67.3. The second-order valence-corrected chi connectivity index (χ2v) is 13.7. The zero-order chi connectivity index (χ0) is 7.86. The molecule has 0 aromatic rings. The average molecular weight is 324 g/mol. The number of rotatable bonds is 1. The van der Waals surface area contributed by atoms with E-state index in [4.69, 9.17) is 5.11 Å². The summed E-state index contributed by atoms with van der Waals surface area (Å²) >= 11 is -0.657. The van der Waals surface area contributed by atoms with Gasteiger partial charge in [-0.15, -0.1) is 0 Å². The predicted molar refractivity (Wildman–Crippen MR) is 41.2 cm³/mol. The Balaban J connectivity index is 0. The Labute approximate surface area is 64.7 Å². The molecule has 0 atom stereocenters. The van der Waals surface area contributed by atoms with Crippen LogP contribution in [0, 0.1) is 0 Å². The van der Waals surface area contributed by atoms with Gasteiger partial charge in [0.1, 0.15) is 0 Å². The first-order valence-corrected chi connectivity index (χ1v) is 14.3. The van der Waals surface area contributed by atoms with E-state index in [1.807, 2.05) is 0 Å². The average Bonchev–Trinajstić information content (AvgIpc) is 1.65. The number of carbonyl (C=O) groups is 1. The fraction of sp³-hybridized carbons (Fsp3) is 0.500. The molecule has 0 rings (SSSR count). The molecule has 0 aliphatic carbocycles. The van der Waals surface area contributed by atoms with Crippen LogP contribution < -0.4 is 0 Å². The summed E-state index contributed by atoms with van der Waals surface area (Å²) in [5.41, 5.74) is 0. The number of aliphatic carboxylic acids is 1. The molecule has 0 aliphatic heterocycles. The van der Waals surface area contributed by atoms with Gasteiger partial charge in [-0.2, -0.15) is 0 Å². The Kier molecular flexibility index (Phi) is 10.7. The quantitative estimate of drug-likeness (QED) is 0.588. The summed E-state index contributed by atoms with van der Waals surface area (Å²) in [6.45, 7) is 2.96. The third-order valence-electron chi connectivity index (χ3n) is 0.175. The molecule has 1 N–H and O–H groups in total. The van der Waals surface area contributed by atoms with Gasteiger partial charge >= 0.3 is 42.1 Å². The van der Waals surface area contributed by atoms with E-state index in [1.54, 1.807) is 0 Å². The molecule has 0 spiro atoms. The van der Waals surface area contributed by atoms with Crippen LogP contribution in [-0.4, -0.2) is 33.8 Å². The minimum absolute atomic E-state index is 0.657. The second-order valence-electron chi connectivity index (χ2n) is 2.04. The molecule has 1 radical (unpaired) electrons. The Morgan fingerprint density at radius 1 is 1.56 bits per heavy atom. The SMILES string of the molecule is C=CC(=O)O.[CH3][Pb]([CH3])[CH3]. The van der Waals surface area contributed by atoms with Gasteiger partial charge < -0.3 is 5.11 Å². The molecule has 0 saturated heterocycles. The fourth-order valence-electron chi connectivity index (χ4n) is 0. The maximum absolute atomic E-state index is 9.25. The van der Waals surface area contributed by atoms with Gasteiger partial charge in [0.05, 0.1) is 0 Å². The molecule has 0 unspecified atom stereocenters. The van der Waals surface area contributed by atoms with E-state index in [-0.39, 0.29) is 0 Å². The Morgan fingerprint density at radius 3 is 1.67 bits per heavy atom. The van der Waals surface area contributed by atoms with Gasteiger partial charge in [-0.1, -0.05) is 6.58 Å². The summed E-state index contributed by atoms with van der Waals surface area (Å²) in [5.74, 6) is -0.981. The van der Waals surface area contributed by atoms with Crippen molar-refractivity contribution in [2.45, 2.75) is 13.4 Å². The first-order chi connectivity index (χ1) is 4.00. The van der Waals surface area contributed by atoms with Crippen LogP contribution in [0.25, 0.3) is 0 Å². The van der Waals surface area contributed by atoms with E-state index in [0.717, 1.165) is 6.08 Å². The van der Waals surface area contributed by atoms with Crippen LogP contribution in [-0.2, 0) is 4.79 Å². The van der Waals surface area contributed by atoms with Gasteiger partial charge in [0.15, 0.2) is 0 Å². The number of hydrogen-bond donors (Lipinski definition) is 1. The van der Waals surface area contributed by atoms with Crippen LogP contribution in [0.3, 0.4) is 0 Å². The Hall–Kier alpha value is 0.132. The zero-order valence-electron chi connectivity index (χ0n) is 6.14. The summed E-state index contributed by atoms with van der Waals surface area (Å²) < 4.78 is 7.14. The van der Waals surface area contributed by atoms with Gasteiger partial charge in [0.2, 0.25) is 0 Å². The fourth-order valence-corrected chi connectivity index (χ4v) is 0. The molecular weight excluding hydrogens is 311 g/mol. The summed E-state index contributed by atoms with van der Waals surface area (Å²) in [6.07, 6.45) is 0.833. The van der Waals surface area contributed by atoms with Crippen molar-refractivity contribution in [3.05, 3.63) is 12.7 Å². The first kappa shape index (κ1) is 11.9. The molecule has 0 aromatic carbocycles. The number of hydrogen-bond acceptors (Lipinski definition) is 1. The van der Waals surface area contributed by atoms with Crippen LogP contribution >= 0.6 is 0 Å². The van der Waals surface area contributed by atoms with E-state index in [0.29, 0.717) is 0 Å². The standard InChI is InChI=1S/C3H4O2.3CH3.Pb/c1-2-3(4)5;;;;/h2H,1H2,(H,4,5);3*1H3;. The molecule has 0 aromatic heterocycles. The Bertz CT molecular complexity index is 86.3. The van der Waals surface area contributed by atoms with Crippen LogP contribution in [0.2, 0.25) is 13.4 Å². The molecule has 0 heterocycles. The molecule has 53 valence electrons. The molecule has 0 saturated carbocycles. The van der Waals surface area contributed by atoms with Crippen molar-refractivity contribution in [1.29, 1.82) is 0 Å². The summed E-state index contributed by atoms with van der Waals surface area (Å²) in [7, 11) is 0. The van der Waals surface area contributed by atoms with Crippen molar-refractivity contribution in [3.63, 3.8) is 0 Å². The van der Waals surface area contributed by atoms with Crippen LogP contribution in [0.5, 0.6) is 0 Å². The maximum atomic E-state index is 9.25. The van der Waals surface area contributed by atoms with E-state index < -0.39 is 28.7 Å². The minimum atomic E-state index is -0.981. The van der Waals surface area contributed by atoms with Crippen LogP contribution in [0.4, 0.5) is 0 Å². The molecule has 0 aliphatic rings. The van der Waals surface area contributed by atoms with Gasteiger partial charge in [-0.25, -0.2) is 4.79 Å². The van der Waals surface area contributed by atoms with E-state index in [9.17, 15) is 4.79 Å². The predicted octanol–water partition coefficient (Wildman–Crippen LogP) is 1.63. The molecule has 9 heavy (non-hydrogen) atoms. The van der Waals surface area contributed by atoms with Crippen molar-refractivity contribution >= 4 is 28.7 Å². The van der Waals surface area contributed by atoms with E-state index in [1.165, 1.54) is 0 Å². The summed E-state index contributed by atoms with van der Waals surface area (Å²) in [4.78, 5) is 9.25. The zero-order valence-corrected chi connectivity index (χ0v) is 10.0. The first-order valence-electron chi connectivity index (χ1n) is 2.62. The summed E-state index contributed by atoms with van der Waals surface area (Å²) in [6, 6.07) is 0. The van der Waals surface area contributed by atoms with Gasteiger partial charge in [-0.05, 0) is 0 Å². The third-order valence-corrected chi connectivity index (χ3v) is 0.175. The topological polar surface area (TPSA) is 37.3 Å². The van der Waals surface area contributed by atoms with Crippen LogP contribution in [0.15, 0.2) is 12.7 Å². The second kappa shape index (κ2) is 8.13. The van der Waals surface area contributed by atoms with Crippen molar-refractivity contribution in [3.8, 4) is 0 Å². The normalized spacial score (nSPS) is 7.56. The molecule has 3 heteroatoms. The molecule has 0 bridgehead atoms. The van der Waals surface area contributed by atoms with Crippen LogP contribution in [0.1, 0.15) is 0 Å². The number of carboxylic acid groups (broad SMARTS) is 1. The van der Waals surface area contributed by atoms with E-state index in [2.05, 4.69) is 20.0 Å². The van der Waals surface area contributed by atoms with Crippen molar-refractivity contribution in [2.75, 3.05) is 0 Å². The molecule has 0 fully saturated rings. The van der Waals surface area contributed by atoms with Gasteiger partial charge in [0, 0.05) is 6.08 Å². The van der Waals surface area contributed by atoms with E-state index >= 15 is 0 Å². The number of carboxylic acids is 1. The molecule has 2 nitrogen and oxygen atoms in total. The Morgan fingerprint density at radius 2 is 1.67 bits per heavy atom. The van der Waals surface area contributed by atoms with Crippen molar-refractivity contribution < 1.29 is 9.90 Å². The van der Waals surface area contributed by atoms with Crippen molar-refractivity contribution in [1.82, 2.24) is 0 Å².